The van der Waals surface area contributed by atoms with Gasteiger partial charge in [-0.15, -0.1) is 11.3 Å². The number of hydrogen-bond donors (Lipinski definition) is 0. The molecule has 1 aliphatic rings. The standard InChI is InChI=1S/C16H21N3O2S/c1-4-13-10(2)8-14(22-13)16(20)19-7-5-6-12(9-19)15-17-11(3)18-21-15/h8,12H,4-7,9H2,1-3H3. The van der Waals surface area contributed by atoms with Gasteiger partial charge in [-0.25, -0.2) is 0 Å². The first-order valence-electron chi connectivity index (χ1n) is 7.77. The molecule has 6 heteroatoms. The summed E-state index contributed by atoms with van der Waals surface area (Å²) in [4.78, 5) is 21.1. The topological polar surface area (TPSA) is 59.2 Å². The van der Waals surface area contributed by atoms with Crippen molar-refractivity contribution in [3.63, 3.8) is 0 Å². The second kappa shape index (κ2) is 6.20. The molecule has 5 nitrogen and oxygen atoms in total. The van der Waals surface area contributed by atoms with Crippen molar-refractivity contribution in [2.24, 2.45) is 0 Å². The van der Waals surface area contributed by atoms with Crippen molar-refractivity contribution in [3.05, 3.63) is 33.1 Å². The van der Waals surface area contributed by atoms with Crippen LogP contribution in [0.3, 0.4) is 0 Å². The first kappa shape index (κ1) is 15.2. The fraction of sp³-hybridized carbons (Fsp3) is 0.562. The quantitative estimate of drug-likeness (QED) is 0.870. The molecule has 0 aromatic carbocycles. The third kappa shape index (κ3) is 2.92. The minimum atomic E-state index is 0.133. The molecule has 0 spiro atoms. The van der Waals surface area contributed by atoms with E-state index in [1.807, 2.05) is 17.9 Å². The van der Waals surface area contributed by atoms with Crippen molar-refractivity contribution in [3.8, 4) is 0 Å². The van der Waals surface area contributed by atoms with Gasteiger partial charge in [0.25, 0.3) is 5.91 Å². The van der Waals surface area contributed by atoms with Crippen LogP contribution in [-0.2, 0) is 6.42 Å². The number of nitrogens with zero attached hydrogens (tertiary/aromatic N) is 3. The molecule has 0 radical (unpaired) electrons. The molecule has 22 heavy (non-hydrogen) atoms. The van der Waals surface area contributed by atoms with Crippen molar-refractivity contribution in [1.82, 2.24) is 15.0 Å². The Kier molecular flexibility index (Phi) is 4.29. The Balaban J connectivity index is 1.74. The predicted octanol–water partition coefficient (Wildman–Crippen LogP) is 3.33. The normalized spacial score (nSPS) is 18.7. The first-order valence-corrected chi connectivity index (χ1v) is 8.59. The van der Waals surface area contributed by atoms with Crippen molar-refractivity contribution in [2.75, 3.05) is 13.1 Å². The summed E-state index contributed by atoms with van der Waals surface area (Å²) in [5, 5.41) is 3.86. The second-order valence-corrected chi connectivity index (χ2v) is 6.98. The van der Waals surface area contributed by atoms with E-state index in [0.29, 0.717) is 18.3 Å². The van der Waals surface area contributed by atoms with Crippen LogP contribution in [0, 0.1) is 13.8 Å². The van der Waals surface area contributed by atoms with E-state index in [9.17, 15) is 4.79 Å². The van der Waals surface area contributed by atoms with Gasteiger partial charge in [-0.1, -0.05) is 12.1 Å². The Morgan fingerprint density at radius 2 is 2.32 bits per heavy atom. The second-order valence-electron chi connectivity index (χ2n) is 5.84. The Morgan fingerprint density at radius 3 is 2.95 bits per heavy atom. The van der Waals surface area contributed by atoms with E-state index >= 15 is 0 Å². The molecule has 1 fully saturated rings. The number of carbonyl (C=O) groups excluding carboxylic acids is 1. The molecule has 0 aliphatic carbocycles. The Labute approximate surface area is 134 Å². The molecule has 1 amide bonds. The van der Waals surface area contributed by atoms with Crippen LogP contribution >= 0.6 is 11.3 Å². The molecule has 0 N–H and O–H groups in total. The molecule has 0 bridgehead atoms. The lowest BCUT2D eigenvalue weighted by molar-refractivity contribution is 0.0700. The third-order valence-electron chi connectivity index (χ3n) is 4.15. The van der Waals surface area contributed by atoms with E-state index in [2.05, 4.69) is 24.0 Å². The highest BCUT2D eigenvalue weighted by Crippen LogP contribution is 2.29. The maximum absolute atomic E-state index is 12.7. The number of aryl methyl sites for hydroxylation is 3. The van der Waals surface area contributed by atoms with E-state index < -0.39 is 0 Å². The number of rotatable bonds is 3. The summed E-state index contributed by atoms with van der Waals surface area (Å²) in [6.45, 7) is 7.49. The van der Waals surface area contributed by atoms with Crippen molar-refractivity contribution >= 4 is 17.2 Å². The van der Waals surface area contributed by atoms with Crippen molar-refractivity contribution < 1.29 is 9.32 Å². The summed E-state index contributed by atoms with van der Waals surface area (Å²) in [5.41, 5.74) is 1.22. The summed E-state index contributed by atoms with van der Waals surface area (Å²) in [6.07, 6.45) is 2.95. The van der Waals surface area contributed by atoms with Gasteiger partial charge in [0.1, 0.15) is 0 Å². The van der Waals surface area contributed by atoms with Gasteiger partial charge < -0.3 is 9.42 Å². The molecule has 1 aliphatic heterocycles. The maximum atomic E-state index is 12.7. The van der Waals surface area contributed by atoms with Crippen molar-refractivity contribution in [2.45, 2.75) is 46.0 Å². The Morgan fingerprint density at radius 1 is 1.50 bits per heavy atom. The van der Waals surface area contributed by atoms with Gasteiger partial charge in [0.2, 0.25) is 5.89 Å². The fourth-order valence-electron chi connectivity index (χ4n) is 2.97. The van der Waals surface area contributed by atoms with E-state index in [0.717, 1.165) is 30.7 Å². The van der Waals surface area contributed by atoms with Gasteiger partial charge in [0.05, 0.1) is 10.8 Å². The summed E-state index contributed by atoms with van der Waals surface area (Å²) in [7, 11) is 0. The van der Waals surface area contributed by atoms with Crippen LogP contribution in [-0.4, -0.2) is 34.0 Å². The maximum Gasteiger partial charge on any atom is 0.263 e. The molecule has 1 atom stereocenters. The zero-order valence-electron chi connectivity index (χ0n) is 13.3. The molecule has 3 heterocycles. The number of thiophene rings is 1. The first-order chi connectivity index (χ1) is 10.6. The van der Waals surface area contributed by atoms with Crippen molar-refractivity contribution in [1.29, 1.82) is 0 Å². The fourth-order valence-corrected chi connectivity index (χ4v) is 4.06. The van der Waals surface area contributed by atoms with Gasteiger partial charge in [0, 0.05) is 18.0 Å². The molecule has 2 aromatic rings. The molecule has 1 unspecified atom stereocenters. The number of likely N-dealkylation sites (tertiary alicyclic amines) is 1. The monoisotopic (exact) mass is 319 g/mol. The molecule has 2 aromatic heterocycles. The highest BCUT2D eigenvalue weighted by molar-refractivity contribution is 7.14. The van der Waals surface area contributed by atoms with Gasteiger partial charge in [0.15, 0.2) is 5.82 Å². The van der Waals surface area contributed by atoms with Crippen LogP contribution in [0.15, 0.2) is 10.6 Å². The predicted molar refractivity (Wildman–Crippen MR) is 85.3 cm³/mol. The molecular formula is C16H21N3O2S. The van der Waals surface area contributed by atoms with Crippen LogP contribution in [0.1, 0.15) is 57.5 Å². The number of carbonyl (C=O) groups is 1. The lowest BCUT2D eigenvalue weighted by atomic mass is 9.98. The molecule has 1 saturated heterocycles. The lowest BCUT2D eigenvalue weighted by Crippen LogP contribution is -2.38. The zero-order valence-corrected chi connectivity index (χ0v) is 14.1. The molecule has 118 valence electrons. The average Bonchev–Trinajstić information content (AvgIpc) is 3.12. The number of hydrogen-bond acceptors (Lipinski definition) is 5. The number of aromatic nitrogens is 2. The highest BCUT2D eigenvalue weighted by atomic mass is 32.1. The largest absolute Gasteiger partial charge is 0.339 e. The summed E-state index contributed by atoms with van der Waals surface area (Å²) in [6, 6.07) is 2.02. The van der Waals surface area contributed by atoms with Crippen LogP contribution < -0.4 is 0 Å². The van der Waals surface area contributed by atoms with Gasteiger partial charge in [-0.05, 0) is 44.7 Å². The van der Waals surface area contributed by atoms with Gasteiger partial charge >= 0.3 is 0 Å². The summed E-state index contributed by atoms with van der Waals surface area (Å²) >= 11 is 1.62. The Hall–Kier alpha value is -1.69. The minimum Gasteiger partial charge on any atom is -0.339 e. The van der Waals surface area contributed by atoms with Crippen LogP contribution in [0.4, 0.5) is 0 Å². The third-order valence-corrected chi connectivity index (χ3v) is 5.52. The van der Waals surface area contributed by atoms with E-state index in [1.54, 1.807) is 11.3 Å². The number of piperidine rings is 1. The Bertz CT molecular complexity index is 677. The van der Waals surface area contributed by atoms with Crippen LogP contribution in [0.25, 0.3) is 0 Å². The highest BCUT2D eigenvalue weighted by Gasteiger charge is 2.29. The number of amides is 1. The average molecular weight is 319 g/mol. The van der Waals surface area contributed by atoms with Gasteiger partial charge in [-0.3, -0.25) is 4.79 Å². The SMILES string of the molecule is CCc1sc(C(=O)N2CCCC(c3nc(C)no3)C2)cc1C. The smallest absolute Gasteiger partial charge is 0.263 e. The summed E-state index contributed by atoms with van der Waals surface area (Å²) in [5.74, 6) is 1.60. The molecule has 0 saturated carbocycles. The van der Waals surface area contributed by atoms with Crippen LogP contribution in [0.2, 0.25) is 0 Å². The molecular weight excluding hydrogens is 298 g/mol. The zero-order chi connectivity index (χ0) is 15.7. The minimum absolute atomic E-state index is 0.133. The summed E-state index contributed by atoms with van der Waals surface area (Å²) < 4.78 is 5.28. The van der Waals surface area contributed by atoms with E-state index in [-0.39, 0.29) is 11.8 Å². The molecule has 3 rings (SSSR count). The van der Waals surface area contributed by atoms with E-state index in [1.165, 1.54) is 10.4 Å². The lowest BCUT2D eigenvalue weighted by Gasteiger charge is -2.30. The van der Waals surface area contributed by atoms with E-state index in [4.69, 9.17) is 4.52 Å². The van der Waals surface area contributed by atoms with Gasteiger partial charge in [-0.2, -0.15) is 4.98 Å². The van der Waals surface area contributed by atoms with Crippen LogP contribution in [0.5, 0.6) is 0 Å².